The van der Waals surface area contributed by atoms with E-state index in [1.54, 1.807) is 23.9 Å². The van der Waals surface area contributed by atoms with Gasteiger partial charge in [0.1, 0.15) is 5.82 Å². The average Bonchev–Trinajstić information content (AvgIpc) is 3.19. The molecule has 1 aliphatic heterocycles. The fraction of sp³-hybridized carbons (Fsp3) is 0.500. The minimum absolute atomic E-state index is 0.255. The Balaban J connectivity index is 1.79. The molecule has 0 radical (unpaired) electrons. The predicted molar refractivity (Wildman–Crippen MR) is 90.2 cm³/mol. The number of rotatable bonds is 6. The zero-order valence-electron chi connectivity index (χ0n) is 13.3. The van der Waals surface area contributed by atoms with Crippen LogP contribution in [0.5, 0.6) is 0 Å². The molecule has 124 valence electrons. The lowest BCUT2D eigenvalue weighted by Crippen LogP contribution is -2.31. The number of thioether (sulfide) groups is 1. The summed E-state index contributed by atoms with van der Waals surface area (Å²) >= 11 is 1.70. The van der Waals surface area contributed by atoms with E-state index in [2.05, 4.69) is 22.0 Å². The highest BCUT2D eigenvalue weighted by molar-refractivity contribution is 7.99. The maximum Gasteiger partial charge on any atom is 0.195 e. The summed E-state index contributed by atoms with van der Waals surface area (Å²) in [5.74, 6) is 1.42. The van der Waals surface area contributed by atoms with Gasteiger partial charge in [-0.05, 0) is 50.2 Å². The first-order valence-electron chi connectivity index (χ1n) is 8.00. The Morgan fingerprint density at radius 3 is 2.78 bits per heavy atom. The highest BCUT2D eigenvalue weighted by atomic mass is 32.2. The van der Waals surface area contributed by atoms with E-state index in [-0.39, 0.29) is 5.82 Å². The lowest BCUT2D eigenvalue weighted by molar-refractivity contribution is 0.287. The third kappa shape index (κ3) is 3.57. The van der Waals surface area contributed by atoms with E-state index in [9.17, 15) is 4.39 Å². The Bertz CT molecular complexity index is 642. The molecule has 0 saturated carbocycles. The van der Waals surface area contributed by atoms with E-state index in [0.29, 0.717) is 18.4 Å². The molecule has 0 amide bonds. The second-order valence-corrected chi connectivity index (χ2v) is 6.64. The van der Waals surface area contributed by atoms with Gasteiger partial charge >= 0.3 is 0 Å². The van der Waals surface area contributed by atoms with Crippen molar-refractivity contribution in [3.63, 3.8) is 0 Å². The molecule has 2 N–H and O–H groups in total. The van der Waals surface area contributed by atoms with Crippen molar-refractivity contribution in [2.45, 2.75) is 37.5 Å². The highest BCUT2D eigenvalue weighted by Gasteiger charge is 2.24. The monoisotopic (exact) mass is 335 g/mol. The fourth-order valence-corrected chi connectivity index (χ4v) is 4.20. The Hall–Kier alpha value is -1.44. The zero-order chi connectivity index (χ0) is 16.2. The number of likely N-dealkylation sites (tertiary alicyclic amines) is 1. The molecule has 1 aromatic heterocycles. The van der Waals surface area contributed by atoms with E-state index in [0.717, 1.165) is 23.1 Å². The largest absolute Gasteiger partial charge is 0.324 e. The maximum absolute atomic E-state index is 13.2. The molecular weight excluding hydrogens is 313 g/mol. The summed E-state index contributed by atoms with van der Waals surface area (Å²) in [7, 11) is 0. The molecule has 23 heavy (non-hydrogen) atoms. The molecule has 1 aliphatic rings. The predicted octanol–water partition coefficient (Wildman–Crippen LogP) is 2.44. The van der Waals surface area contributed by atoms with Gasteiger partial charge in [-0.3, -0.25) is 9.47 Å². The van der Waals surface area contributed by atoms with Crippen LogP contribution in [0, 0.1) is 5.82 Å². The Labute approximate surface area is 140 Å². The first-order valence-corrected chi connectivity index (χ1v) is 8.98. The summed E-state index contributed by atoms with van der Waals surface area (Å²) in [6.07, 6.45) is 2.49. The Morgan fingerprint density at radius 2 is 2.09 bits per heavy atom. The molecular formula is C16H22FN5S. The molecule has 1 fully saturated rings. The zero-order valence-corrected chi connectivity index (χ0v) is 14.1. The number of halogens is 1. The topological polar surface area (TPSA) is 60.0 Å². The van der Waals surface area contributed by atoms with Gasteiger partial charge in [-0.1, -0.05) is 18.7 Å². The van der Waals surface area contributed by atoms with Crippen LogP contribution in [0.2, 0.25) is 0 Å². The van der Waals surface area contributed by atoms with Crippen LogP contribution in [0.25, 0.3) is 5.69 Å². The second kappa shape index (κ2) is 7.42. The lowest BCUT2D eigenvalue weighted by atomic mass is 10.2. The molecule has 1 atom stereocenters. The van der Waals surface area contributed by atoms with Crippen LogP contribution in [0.1, 0.15) is 25.6 Å². The van der Waals surface area contributed by atoms with E-state index < -0.39 is 0 Å². The third-order valence-electron chi connectivity index (χ3n) is 4.28. The molecule has 0 bridgehead atoms. The Morgan fingerprint density at radius 1 is 1.30 bits per heavy atom. The van der Waals surface area contributed by atoms with Crippen LogP contribution >= 0.6 is 11.8 Å². The number of nitrogens with zero attached hydrogens (tertiary/aromatic N) is 4. The van der Waals surface area contributed by atoms with Crippen LogP contribution < -0.4 is 5.73 Å². The van der Waals surface area contributed by atoms with Crippen molar-refractivity contribution in [3.8, 4) is 5.69 Å². The average molecular weight is 335 g/mol. The van der Waals surface area contributed by atoms with Crippen LogP contribution in [0.4, 0.5) is 4.39 Å². The summed E-state index contributed by atoms with van der Waals surface area (Å²) in [6, 6.07) is 6.94. The standard InChI is InChI=1S/C16H22FN5S/c1-2-21-9-3-4-14(21)11-23-16-20-19-15(10-18)22(16)13-7-5-12(17)6-8-13/h5-8,14H,2-4,9-11,18H2,1H3/t14-/m1/s1. The summed E-state index contributed by atoms with van der Waals surface area (Å²) in [5.41, 5.74) is 6.62. The quantitative estimate of drug-likeness (QED) is 0.822. The normalized spacial score (nSPS) is 18.7. The molecule has 7 heteroatoms. The number of benzene rings is 1. The van der Waals surface area contributed by atoms with E-state index in [1.807, 2.05) is 4.57 Å². The molecule has 2 heterocycles. The maximum atomic E-state index is 13.2. The summed E-state index contributed by atoms with van der Waals surface area (Å²) < 4.78 is 15.1. The first-order chi connectivity index (χ1) is 11.2. The van der Waals surface area contributed by atoms with Gasteiger partial charge in [-0.2, -0.15) is 0 Å². The minimum Gasteiger partial charge on any atom is -0.324 e. The third-order valence-corrected chi connectivity index (χ3v) is 5.35. The number of hydrogen-bond acceptors (Lipinski definition) is 5. The summed E-state index contributed by atoms with van der Waals surface area (Å²) in [5, 5.41) is 9.28. The number of nitrogens with two attached hydrogens (primary N) is 1. The molecule has 3 rings (SSSR count). The molecule has 5 nitrogen and oxygen atoms in total. The number of hydrogen-bond donors (Lipinski definition) is 1. The van der Waals surface area contributed by atoms with E-state index in [1.165, 1.54) is 31.5 Å². The lowest BCUT2D eigenvalue weighted by Gasteiger charge is -2.22. The van der Waals surface area contributed by atoms with E-state index in [4.69, 9.17) is 5.73 Å². The molecule has 0 spiro atoms. The van der Waals surface area contributed by atoms with Gasteiger partial charge in [-0.25, -0.2) is 4.39 Å². The van der Waals surface area contributed by atoms with Crippen molar-refractivity contribution >= 4 is 11.8 Å². The van der Waals surface area contributed by atoms with E-state index >= 15 is 0 Å². The van der Waals surface area contributed by atoms with Crippen molar-refractivity contribution < 1.29 is 4.39 Å². The van der Waals surface area contributed by atoms with Gasteiger partial charge in [0.05, 0.1) is 6.54 Å². The van der Waals surface area contributed by atoms with Gasteiger partial charge in [0.15, 0.2) is 11.0 Å². The number of aromatic nitrogens is 3. The van der Waals surface area contributed by atoms with Gasteiger partial charge in [0.2, 0.25) is 0 Å². The molecule has 2 aromatic rings. The van der Waals surface area contributed by atoms with Crippen LogP contribution in [-0.2, 0) is 6.54 Å². The van der Waals surface area contributed by atoms with Gasteiger partial charge in [0.25, 0.3) is 0 Å². The van der Waals surface area contributed by atoms with Crippen molar-refractivity contribution in [2.24, 2.45) is 5.73 Å². The first kappa shape index (κ1) is 16.4. The van der Waals surface area contributed by atoms with Crippen molar-refractivity contribution in [2.75, 3.05) is 18.8 Å². The SMILES string of the molecule is CCN1CCC[C@@H]1CSc1nnc(CN)n1-c1ccc(F)cc1. The van der Waals surface area contributed by atoms with Crippen molar-refractivity contribution in [3.05, 3.63) is 35.9 Å². The molecule has 0 unspecified atom stereocenters. The van der Waals surface area contributed by atoms with Crippen LogP contribution in [-0.4, -0.2) is 44.5 Å². The minimum atomic E-state index is -0.255. The van der Waals surface area contributed by atoms with Crippen molar-refractivity contribution in [1.29, 1.82) is 0 Å². The smallest absolute Gasteiger partial charge is 0.195 e. The molecule has 1 aromatic carbocycles. The Kier molecular flexibility index (Phi) is 5.30. The van der Waals surface area contributed by atoms with Gasteiger partial charge in [-0.15, -0.1) is 10.2 Å². The fourth-order valence-electron chi connectivity index (χ4n) is 3.05. The molecule has 1 saturated heterocycles. The van der Waals surface area contributed by atoms with Crippen LogP contribution in [0.3, 0.4) is 0 Å². The van der Waals surface area contributed by atoms with Crippen LogP contribution in [0.15, 0.2) is 29.4 Å². The molecule has 0 aliphatic carbocycles. The highest BCUT2D eigenvalue weighted by Crippen LogP contribution is 2.27. The van der Waals surface area contributed by atoms with Gasteiger partial charge in [0, 0.05) is 17.5 Å². The van der Waals surface area contributed by atoms with Gasteiger partial charge < -0.3 is 5.73 Å². The summed E-state index contributed by atoms with van der Waals surface area (Å²) in [6.45, 7) is 4.77. The second-order valence-electron chi connectivity index (χ2n) is 5.65. The van der Waals surface area contributed by atoms with Crippen molar-refractivity contribution in [1.82, 2.24) is 19.7 Å². The summed E-state index contributed by atoms with van der Waals surface area (Å²) in [4.78, 5) is 2.51.